The topological polar surface area (TPSA) is 63.6 Å². The summed E-state index contributed by atoms with van der Waals surface area (Å²) in [4.78, 5) is 23.4. The van der Waals surface area contributed by atoms with Crippen LogP contribution in [0.5, 0.6) is 0 Å². The molecule has 1 atom stereocenters. The van der Waals surface area contributed by atoms with Crippen molar-refractivity contribution in [3.8, 4) is 0 Å². The molecule has 0 bridgehead atoms. The van der Waals surface area contributed by atoms with Gasteiger partial charge in [0, 0.05) is 0 Å². The molecule has 0 saturated carbocycles. The summed E-state index contributed by atoms with van der Waals surface area (Å²) >= 11 is 0. The molecule has 0 aromatic heterocycles. The van der Waals surface area contributed by atoms with Crippen molar-refractivity contribution in [3.63, 3.8) is 0 Å². The van der Waals surface area contributed by atoms with Crippen molar-refractivity contribution < 1.29 is 19.4 Å². The zero-order valence-electron chi connectivity index (χ0n) is 13.7. The van der Waals surface area contributed by atoms with Gasteiger partial charge in [0.2, 0.25) is 0 Å². The van der Waals surface area contributed by atoms with Crippen LogP contribution in [0.25, 0.3) is 0 Å². The predicted octanol–water partition coefficient (Wildman–Crippen LogP) is 4.54. The van der Waals surface area contributed by atoms with Crippen LogP contribution in [-0.4, -0.2) is 23.1 Å². The first-order valence-electron chi connectivity index (χ1n) is 7.99. The number of ether oxygens (including phenoxy) is 1. The van der Waals surface area contributed by atoms with Gasteiger partial charge in [-0.25, -0.2) is 9.59 Å². The Bertz CT molecular complexity index is 494. The van der Waals surface area contributed by atoms with Crippen LogP contribution < -0.4 is 0 Å². The molecule has 0 heterocycles. The van der Waals surface area contributed by atoms with E-state index in [1.165, 1.54) is 12.1 Å². The molecule has 4 nitrogen and oxygen atoms in total. The summed E-state index contributed by atoms with van der Waals surface area (Å²) in [6, 6.07) is 6.18. The lowest BCUT2D eigenvalue weighted by atomic mass is 10.0. The average molecular weight is 306 g/mol. The third-order valence-electron chi connectivity index (χ3n) is 3.57. The Morgan fingerprint density at radius 3 is 2.27 bits per heavy atom. The molecule has 1 N–H and O–H groups in total. The number of rotatable bonds is 9. The maximum atomic E-state index is 12.3. The van der Waals surface area contributed by atoms with E-state index in [0.717, 1.165) is 32.1 Å². The van der Waals surface area contributed by atoms with Crippen LogP contribution in [0.15, 0.2) is 24.3 Å². The number of carboxylic acids is 1. The summed E-state index contributed by atoms with van der Waals surface area (Å²) in [6.07, 6.45) is 4.53. The van der Waals surface area contributed by atoms with Gasteiger partial charge in [0.25, 0.3) is 0 Å². The van der Waals surface area contributed by atoms with Crippen LogP contribution in [0.4, 0.5) is 0 Å². The highest BCUT2D eigenvalue weighted by molar-refractivity contribution is 6.02. The van der Waals surface area contributed by atoms with Gasteiger partial charge in [-0.05, 0) is 37.3 Å². The Morgan fingerprint density at radius 1 is 1.09 bits per heavy atom. The third kappa shape index (κ3) is 5.88. The summed E-state index contributed by atoms with van der Waals surface area (Å²) in [6.45, 7) is 6.39. The van der Waals surface area contributed by atoms with E-state index in [1.54, 1.807) is 12.1 Å². The average Bonchev–Trinajstić information content (AvgIpc) is 2.46. The molecule has 0 amide bonds. The standard InChI is InChI=1S/C18H26O4/c1-4-8-14(10-7-9-13(2)3)22-18(21)16-12-6-5-11-15(16)17(19)20/h5-6,11-14H,4,7-10H2,1-3H3,(H,19,20). The molecule has 0 aliphatic carbocycles. The number of carbonyl (C=O) groups excluding carboxylic acids is 1. The number of esters is 1. The second kappa shape index (κ2) is 9.23. The normalized spacial score (nSPS) is 12.2. The zero-order chi connectivity index (χ0) is 16.5. The van der Waals surface area contributed by atoms with Crippen molar-refractivity contribution in [2.75, 3.05) is 0 Å². The minimum atomic E-state index is -1.11. The number of carboxylic acid groups (broad SMARTS) is 1. The highest BCUT2D eigenvalue weighted by atomic mass is 16.5. The molecule has 122 valence electrons. The van der Waals surface area contributed by atoms with Crippen molar-refractivity contribution in [2.45, 2.75) is 59.0 Å². The van der Waals surface area contributed by atoms with E-state index in [0.29, 0.717) is 5.92 Å². The summed E-state index contributed by atoms with van der Waals surface area (Å²) in [5.41, 5.74) is 0.116. The molecular weight excluding hydrogens is 280 g/mol. The summed E-state index contributed by atoms with van der Waals surface area (Å²) < 4.78 is 5.55. The van der Waals surface area contributed by atoms with Crippen molar-refractivity contribution >= 4 is 11.9 Å². The first-order chi connectivity index (χ1) is 10.5. The lowest BCUT2D eigenvalue weighted by Gasteiger charge is -2.18. The largest absolute Gasteiger partial charge is 0.478 e. The Labute approximate surface area is 132 Å². The van der Waals surface area contributed by atoms with E-state index in [4.69, 9.17) is 9.84 Å². The van der Waals surface area contributed by atoms with Gasteiger partial charge in [-0.1, -0.05) is 45.7 Å². The fourth-order valence-electron chi connectivity index (χ4n) is 2.40. The highest BCUT2D eigenvalue weighted by Gasteiger charge is 2.20. The maximum absolute atomic E-state index is 12.3. The lowest BCUT2D eigenvalue weighted by molar-refractivity contribution is 0.0247. The van der Waals surface area contributed by atoms with Crippen LogP contribution in [0.3, 0.4) is 0 Å². The second-order valence-electron chi connectivity index (χ2n) is 5.99. The van der Waals surface area contributed by atoms with Gasteiger partial charge < -0.3 is 9.84 Å². The summed E-state index contributed by atoms with van der Waals surface area (Å²) in [5, 5.41) is 9.15. The minimum Gasteiger partial charge on any atom is -0.478 e. The van der Waals surface area contributed by atoms with Crippen molar-refractivity contribution in [3.05, 3.63) is 35.4 Å². The monoisotopic (exact) mass is 306 g/mol. The zero-order valence-corrected chi connectivity index (χ0v) is 13.7. The number of hydrogen-bond donors (Lipinski definition) is 1. The van der Waals surface area contributed by atoms with E-state index >= 15 is 0 Å². The molecule has 4 heteroatoms. The lowest BCUT2D eigenvalue weighted by Crippen LogP contribution is -2.20. The predicted molar refractivity (Wildman–Crippen MR) is 86.2 cm³/mol. The number of benzene rings is 1. The van der Waals surface area contributed by atoms with Gasteiger partial charge in [0.05, 0.1) is 11.1 Å². The molecule has 0 saturated heterocycles. The quantitative estimate of drug-likeness (QED) is 0.680. The SMILES string of the molecule is CCCC(CCCC(C)C)OC(=O)c1ccccc1C(=O)O. The van der Waals surface area contributed by atoms with E-state index in [-0.39, 0.29) is 17.2 Å². The molecule has 1 aromatic rings. The van der Waals surface area contributed by atoms with Gasteiger partial charge in [0.1, 0.15) is 6.10 Å². The van der Waals surface area contributed by atoms with Crippen molar-refractivity contribution in [2.24, 2.45) is 5.92 Å². The fraction of sp³-hybridized carbons (Fsp3) is 0.556. The third-order valence-corrected chi connectivity index (χ3v) is 3.57. The highest BCUT2D eigenvalue weighted by Crippen LogP contribution is 2.18. The van der Waals surface area contributed by atoms with Gasteiger partial charge in [-0.3, -0.25) is 0 Å². The Balaban J connectivity index is 2.72. The molecule has 1 unspecified atom stereocenters. The Kier molecular flexibility index (Phi) is 7.64. The first-order valence-corrected chi connectivity index (χ1v) is 7.99. The molecule has 0 radical (unpaired) electrons. The second-order valence-corrected chi connectivity index (χ2v) is 5.99. The van der Waals surface area contributed by atoms with Crippen LogP contribution in [0.2, 0.25) is 0 Å². The Hall–Kier alpha value is -1.84. The van der Waals surface area contributed by atoms with Gasteiger partial charge in [0.15, 0.2) is 0 Å². The van der Waals surface area contributed by atoms with E-state index in [2.05, 4.69) is 20.8 Å². The molecule has 0 spiro atoms. The van der Waals surface area contributed by atoms with E-state index < -0.39 is 11.9 Å². The van der Waals surface area contributed by atoms with Crippen LogP contribution >= 0.6 is 0 Å². The van der Waals surface area contributed by atoms with Crippen molar-refractivity contribution in [1.29, 1.82) is 0 Å². The fourth-order valence-corrected chi connectivity index (χ4v) is 2.40. The smallest absolute Gasteiger partial charge is 0.339 e. The van der Waals surface area contributed by atoms with Gasteiger partial charge in [-0.2, -0.15) is 0 Å². The van der Waals surface area contributed by atoms with Crippen LogP contribution in [-0.2, 0) is 4.74 Å². The molecular formula is C18H26O4. The molecule has 22 heavy (non-hydrogen) atoms. The molecule has 0 fully saturated rings. The van der Waals surface area contributed by atoms with E-state index in [1.807, 2.05) is 0 Å². The number of aromatic carboxylic acids is 1. The summed E-state index contributed by atoms with van der Waals surface area (Å²) in [5.74, 6) is -1.02. The number of hydrogen-bond acceptors (Lipinski definition) is 3. The first kappa shape index (κ1) is 18.2. The molecule has 1 rings (SSSR count). The molecule has 1 aromatic carbocycles. The van der Waals surface area contributed by atoms with Crippen LogP contribution in [0.1, 0.15) is 73.6 Å². The Morgan fingerprint density at radius 2 is 1.73 bits per heavy atom. The molecule has 0 aliphatic rings. The van der Waals surface area contributed by atoms with Crippen molar-refractivity contribution in [1.82, 2.24) is 0 Å². The molecule has 0 aliphatic heterocycles. The number of carbonyl (C=O) groups is 2. The maximum Gasteiger partial charge on any atom is 0.339 e. The van der Waals surface area contributed by atoms with E-state index in [9.17, 15) is 9.59 Å². The van der Waals surface area contributed by atoms with Crippen LogP contribution in [0, 0.1) is 5.92 Å². The van der Waals surface area contributed by atoms with Gasteiger partial charge >= 0.3 is 11.9 Å². The summed E-state index contributed by atoms with van der Waals surface area (Å²) in [7, 11) is 0. The minimum absolute atomic E-state index is 0.00933. The van der Waals surface area contributed by atoms with Gasteiger partial charge in [-0.15, -0.1) is 0 Å².